The van der Waals surface area contributed by atoms with E-state index < -0.39 is 0 Å². The van der Waals surface area contributed by atoms with Gasteiger partial charge in [-0.2, -0.15) is 11.8 Å². The summed E-state index contributed by atoms with van der Waals surface area (Å²) in [7, 11) is 0. The zero-order chi connectivity index (χ0) is 11.5. The van der Waals surface area contributed by atoms with E-state index in [9.17, 15) is 4.79 Å². The Labute approximate surface area is 96.1 Å². The Balaban J connectivity index is 3.20. The largest absolute Gasteiger partial charge is 0.464 e. The Bertz CT molecular complexity index is 167. The number of carbonyl (C=O) groups is 1. The fourth-order valence-electron chi connectivity index (χ4n) is 1.04. The maximum absolute atomic E-state index is 10.9. The van der Waals surface area contributed by atoms with E-state index in [1.807, 2.05) is 11.8 Å². The topological polar surface area (TPSA) is 47.6 Å². The smallest absolute Gasteiger partial charge is 0.332 e. The highest BCUT2D eigenvalue weighted by molar-refractivity contribution is 7.98. The monoisotopic (exact) mass is 235 g/mol. The van der Waals surface area contributed by atoms with Crippen LogP contribution in [0.15, 0.2) is 0 Å². The SMILES string of the molecule is CCOC(=O)COCCNC(C)CSC. The van der Waals surface area contributed by atoms with Crippen LogP contribution in [0.5, 0.6) is 0 Å². The lowest BCUT2D eigenvalue weighted by Crippen LogP contribution is -2.31. The summed E-state index contributed by atoms with van der Waals surface area (Å²) in [6.45, 7) is 5.67. The van der Waals surface area contributed by atoms with Gasteiger partial charge in [0, 0.05) is 18.3 Å². The van der Waals surface area contributed by atoms with Crippen molar-refractivity contribution in [3.05, 3.63) is 0 Å². The molecule has 0 fully saturated rings. The summed E-state index contributed by atoms with van der Waals surface area (Å²) in [5, 5.41) is 3.29. The second kappa shape index (κ2) is 10.3. The van der Waals surface area contributed by atoms with Crippen LogP contribution in [0.4, 0.5) is 0 Å². The Morgan fingerprint density at radius 1 is 1.53 bits per heavy atom. The first-order valence-electron chi connectivity index (χ1n) is 5.16. The number of hydrogen-bond donors (Lipinski definition) is 1. The normalized spacial score (nSPS) is 12.5. The molecule has 0 amide bonds. The summed E-state index contributed by atoms with van der Waals surface area (Å²) in [4.78, 5) is 10.9. The molecular weight excluding hydrogens is 214 g/mol. The van der Waals surface area contributed by atoms with E-state index in [4.69, 9.17) is 9.47 Å². The van der Waals surface area contributed by atoms with Crippen molar-refractivity contribution < 1.29 is 14.3 Å². The fourth-order valence-corrected chi connectivity index (χ4v) is 1.66. The molecule has 5 heteroatoms. The number of carbonyl (C=O) groups excluding carboxylic acids is 1. The molecule has 0 radical (unpaired) electrons. The first kappa shape index (κ1) is 14.7. The highest BCUT2D eigenvalue weighted by atomic mass is 32.2. The zero-order valence-electron chi connectivity index (χ0n) is 9.75. The molecule has 0 spiro atoms. The van der Waals surface area contributed by atoms with Crippen LogP contribution >= 0.6 is 11.8 Å². The van der Waals surface area contributed by atoms with E-state index in [2.05, 4.69) is 18.5 Å². The summed E-state index contributed by atoms with van der Waals surface area (Å²) in [6.07, 6.45) is 2.08. The van der Waals surface area contributed by atoms with E-state index in [-0.39, 0.29) is 12.6 Å². The molecule has 90 valence electrons. The molecule has 0 aliphatic rings. The third-order valence-electron chi connectivity index (χ3n) is 1.68. The molecule has 0 saturated heterocycles. The molecule has 0 aromatic carbocycles. The number of thioether (sulfide) groups is 1. The molecule has 1 N–H and O–H groups in total. The van der Waals surface area contributed by atoms with Crippen LogP contribution in [0.2, 0.25) is 0 Å². The molecule has 0 aliphatic carbocycles. The number of esters is 1. The van der Waals surface area contributed by atoms with Gasteiger partial charge in [0.15, 0.2) is 0 Å². The molecule has 0 heterocycles. The van der Waals surface area contributed by atoms with Gasteiger partial charge < -0.3 is 14.8 Å². The molecule has 1 unspecified atom stereocenters. The van der Waals surface area contributed by atoms with E-state index in [1.54, 1.807) is 6.92 Å². The third kappa shape index (κ3) is 10.0. The highest BCUT2D eigenvalue weighted by Crippen LogP contribution is 1.95. The molecule has 0 aromatic rings. The van der Waals surface area contributed by atoms with Crippen molar-refractivity contribution in [2.75, 3.05) is 38.4 Å². The average Bonchev–Trinajstić information content (AvgIpc) is 2.18. The second-order valence-corrected chi connectivity index (χ2v) is 4.08. The summed E-state index contributed by atoms with van der Waals surface area (Å²) in [5.74, 6) is 0.785. The minimum Gasteiger partial charge on any atom is -0.464 e. The Morgan fingerprint density at radius 2 is 2.27 bits per heavy atom. The van der Waals surface area contributed by atoms with Crippen LogP contribution in [-0.2, 0) is 14.3 Å². The van der Waals surface area contributed by atoms with Gasteiger partial charge in [-0.05, 0) is 20.1 Å². The van der Waals surface area contributed by atoms with Gasteiger partial charge in [0.05, 0.1) is 13.2 Å². The molecule has 0 aliphatic heterocycles. The van der Waals surface area contributed by atoms with Gasteiger partial charge in [-0.3, -0.25) is 0 Å². The summed E-state index contributed by atoms with van der Waals surface area (Å²) in [5.41, 5.74) is 0. The van der Waals surface area contributed by atoms with Crippen molar-refractivity contribution in [1.29, 1.82) is 0 Å². The molecule has 15 heavy (non-hydrogen) atoms. The van der Waals surface area contributed by atoms with Gasteiger partial charge in [-0.25, -0.2) is 4.79 Å². The lowest BCUT2D eigenvalue weighted by atomic mass is 10.4. The van der Waals surface area contributed by atoms with Crippen LogP contribution in [-0.4, -0.2) is 50.4 Å². The molecule has 0 aromatic heterocycles. The van der Waals surface area contributed by atoms with Crippen molar-refractivity contribution in [3.8, 4) is 0 Å². The number of nitrogens with one attached hydrogen (secondary N) is 1. The van der Waals surface area contributed by atoms with E-state index in [0.717, 1.165) is 12.3 Å². The molecule has 0 rings (SSSR count). The number of hydrogen-bond acceptors (Lipinski definition) is 5. The minimum absolute atomic E-state index is 0.0480. The highest BCUT2D eigenvalue weighted by Gasteiger charge is 2.02. The lowest BCUT2D eigenvalue weighted by molar-refractivity contribution is -0.148. The Morgan fingerprint density at radius 3 is 2.87 bits per heavy atom. The summed E-state index contributed by atoms with van der Waals surface area (Å²) < 4.78 is 9.85. The first-order valence-corrected chi connectivity index (χ1v) is 6.55. The van der Waals surface area contributed by atoms with Gasteiger partial charge in [-0.15, -0.1) is 0 Å². The van der Waals surface area contributed by atoms with Crippen LogP contribution in [0.25, 0.3) is 0 Å². The minimum atomic E-state index is -0.297. The van der Waals surface area contributed by atoms with Crippen molar-refractivity contribution >= 4 is 17.7 Å². The van der Waals surface area contributed by atoms with Crippen molar-refractivity contribution in [1.82, 2.24) is 5.32 Å². The van der Waals surface area contributed by atoms with Gasteiger partial charge in [0.1, 0.15) is 6.61 Å². The Hall–Kier alpha value is -0.260. The van der Waals surface area contributed by atoms with E-state index in [0.29, 0.717) is 19.3 Å². The molecule has 0 saturated carbocycles. The molecule has 0 bridgehead atoms. The van der Waals surface area contributed by atoms with Crippen molar-refractivity contribution in [2.24, 2.45) is 0 Å². The predicted molar refractivity (Wildman–Crippen MR) is 63.3 cm³/mol. The van der Waals surface area contributed by atoms with Gasteiger partial charge in [0.25, 0.3) is 0 Å². The van der Waals surface area contributed by atoms with Crippen molar-refractivity contribution in [2.45, 2.75) is 19.9 Å². The van der Waals surface area contributed by atoms with Crippen molar-refractivity contribution in [3.63, 3.8) is 0 Å². The third-order valence-corrected chi connectivity index (χ3v) is 2.51. The summed E-state index contributed by atoms with van der Waals surface area (Å²) in [6, 6.07) is 0.478. The predicted octanol–water partition coefficient (Wildman–Crippen LogP) is 0.907. The number of ether oxygens (including phenoxy) is 2. The van der Waals surface area contributed by atoms with E-state index in [1.165, 1.54) is 0 Å². The van der Waals surface area contributed by atoms with Crippen LogP contribution in [0.1, 0.15) is 13.8 Å². The average molecular weight is 235 g/mol. The van der Waals surface area contributed by atoms with Crippen LogP contribution in [0.3, 0.4) is 0 Å². The summed E-state index contributed by atoms with van der Waals surface area (Å²) >= 11 is 1.81. The Kier molecular flexibility index (Phi) is 10.1. The molecule has 4 nitrogen and oxygen atoms in total. The maximum atomic E-state index is 10.9. The van der Waals surface area contributed by atoms with Crippen LogP contribution < -0.4 is 5.32 Å². The van der Waals surface area contributed by atoms with Gasteiger partial charge in [0.2, 0.25) is 0 Å². The van der Waals surface area contributed by atoms with Crippen LogP contribution in [0, 0.1) is 0 Å². The fraction of sp³-hybridized carbons (Fsp3) is 0.900. The standard InChI is InChI=1S/C10H21NO3S/c1-4-14-10(12)7-13-6-5-11-9(2)8-15-3/h9,11H,4-8H2,1-3H3. The molecular formula is C10H21NO3S. The molecule has 1 atom stereocenters. The zero-order valence-corrected chi connectivity index (χ0v) is 10.6. The lowest BCUT2D eigenvalue weighted by Gasteiger charge is -2.11. The maximum Gasteiger partial charge on any atom is 0.332 e. The van der Waals surface area contributed by atoms with Gasteiger partial charge in [-0.1, -0.05) is 0 Å². The van der Waals surface area contributed by atoms with E-state index >= 15 is 0 Å². The quantitative estimate of drug-likeness (QED) is 0.475. The van der Waals surface area contributed by atoms with Gasteiger partial charge >= 0.3 is 5.97 Å². The second-order valence-electron chi connectivity index (χ2n) is 3.17. The first-order chi connectivity index (χ1) is 7.20. The number of rotatable bonds is 9.